The molecule has 0 spiro atoms. The van der Waals surface area contributed by atoms with E-state index < -0.39 is 59.6 Å². The van der Waals surface area contributed by atoms with E-state index >= 15 is 0 Å². The maximum atomic E-state index is 15.0. The van der Waals surface area contributed by atoms with Gasteiger partial charge in [-0.25, -0.2) is 13.6 Å². The Morgan fingerprint density at radius 3 is 2.34 bits per heavy atom. The Kier molecular flexibility index (Phi) is 15.1. The van der Waals surface area contributed by atoms with Gasteiger partial charge in [-0.3, -0.25) is 14.4 Å². The lowest BCUT2D eigenvalue weighted by molar-refractivity contribution is -0.142. The number of carbonyl (C=O) groups excluding carboxylic acids is 3. The number of halogens is 3. The number of nitrogens with one attached hydrogen (secondary N) is 2. The van der Waals surface area contributed by atoms with Crippen molar-refractivity contribution in [1.29, 1.82) is 0 Å². The van der Waals surface area contributed by atoms with Gasteiger partial charge >= 0.3 is 5.97 Å². The lowest BCUT2D eigenvalue weighted by atomic mass is 9.82. The van der Waals surface area contributed by atoms with Crippen LogP contribution in [-0.4, -0.2) is 80.5 Å². The summed E-state index contributed by atoms with van der Waals surface area (Å²) in [6.07, 6.45) is 2.68. The van der Waals surface area contributed by atoms with Gasteiger partial charge in [-0.15, -0.1) is 0 Å². The molecule has 1 aromatic heterocycles. The lowest BCUT2D eigenvalue weighted by Gasteiger charge is -2.41. The minimum Gasteiger partial charge on any atom is -0.480 e. The number of benzene rings is 2. The first-order valence-electron chi connectivity index (χ1n) is 16.4. The van der Waals surface area contributed by atoms with Gasteiger partial charge < -0.3 is 36.0 Å². The van der Waals surface area contributed by atoms with E-state index in [0.29, 0.717) is 37.2 Å². The zero-order chi connectivity index (χ0) is 37.0. The summed E-state index contributed by atoms with van der Waals surface area (Å²) in [5.74, 6) is -4.01. The number of aliphatic hydroxyl groups is 1. The first-order valence-corrected chi connectivity index (χ1v) is 17.5. The molecule has 14 heteroatoms. The Hall–Kier alpha value is -4.14. The number of carbonyl (C=O) groups is 4. The monoisotopic (exact) mass is 761 g/mol. The second-order valence-corrected chi connectivity index (χ2v) is 13.7. The lowest BCUT2D eigenvalue weighted by Crippen LogP contribution is -2.50. The molecule has 0 aliphatic carbocycles. The van der Waals surface area contributed by atoms with Crippen molar-refractivity contribution in [2.45, 2.75) is 71.1 Å². The number of unbranched alkanes of at least 4 members (excludes halogenated alkanes) is 1. The number of aromatic nitrogens is 1. The summed E-state index contributed by atoms with van der Waals surface area (Å²) in [7, 11) is 0. The van der Waals surface area contributed by atoms with Crippen molar-refractivity contribution in [3.8, 4) is 11.1 Å². The molecule has 3 unspecified atom stereocenters. The number of alkyl halides is 1. The van der Waals surface area contributed by atoms with Crippen molar-refractivity contribution in [3.63, 3.8) is 0 Å². The van der Waals surface area contributed by atoms with Crippen LogP contribution in [-0.2, 0) is 25.7 Å². The van der Waals surface area contributed by atoms with Crippen LogP contribution in [0.1, 0.15) is 63.8 Å². The molecule has 0 fully saturated rings. The third-order valence-corrected chi connectivity index (χ3v) is 8.74. The minimum atomic E-state index is -1.23. The SMILES string of the molecule is CC(C)(C)C(c1cc(-c2cc(F)ccc2F)cn1Cc1ccccc1)N(CCC(N)C(=O)NC(CCCCNC(=O)CBr)C(=O)O)C(=O)CO. The fraction of sp³-hybridized carbons (Fsp3) is 0.444. The predicted octanol–water partition coefficient (Wildman–Crippen LogP) is 4.36. The Morgan fingerprint density at radius 1 is 1.02 bits per heavy atom. The van der Waals surface area contributed by atoms with Crippen LogP contribution in [0.2, 0.25) is 0 Å². The van der Waals surface area contributed by atoms with Gasteiger partial charge in [0, 0.05) is 42.7 Å². The normalized spacial score (nSPS) is 13.3. The summed E-state index contributed by atoms with van der Waals surface area (Å²) >= 11 is 3.05. The Balaban J connectivity index is 1.89. The average molecular weight is 763 g/mol. The molecule has 1 heterocycles. The van der Waals surface area contributed by atoms with Crippen molar-refractivity contribution in [1.82, 2.24) is 20.1 Å². The average Bonchev–Trinajstić information content (AvgIpc) is 3.47. The molecule has 3 amide bonds. The Labute approximate surface area is 299 Å². The van der Waals surface area contributed by atoms with Crippen LogP contribution in [0.4, 0.5) is 8.78 Å². The third kappa shape index (κ3) is 11.5. The molecule has 3 atom stereocenters. The number of hydrogen-bond donors (Lipinski definition) is 5. The molecular formula is C36H46BrF2N5O6. The van der Waals surface area contributed by atoms with Gasteiger partial charge in [0.15, 0.2) is 0 Å². The van der Waals surface area contributed by atoms with E-state index in [4.69, 9.17) is 5.73 Å². The number of nitrogens with two attached hydrogens (primary N) is 1. The predicted molar refractivity (Wildman–Crippen MR) is 189 cm³/mol. The van der Waals surface area contributed by atoms with Gasteiger partial charge in [0.2, 0.25) is 17.7 Å². The van der Waals surface area contributed by atoms with E-state index in [1.54, 1.807) is 12.3 Å². The van der Waals surface area contributed by atoms with Crippen molar-refractivity contribution >= 4 is 39.6 Å². The van der Waals surface area contributed by atoms with Crippen LogP contribution < -0.4 is 16.4 Å². The van der Waals surface area contributed by atoms with E-state index in [9.17, 15) is 38.2 Å². The fourth-order valence-corrected chi connectivity index (χ4v) is 5.99. The molecule has 0 bridgehead atoms. The van der Waals surface area contributed by atoms with Crippen LogP contribution >= 0.6 is 15.9 Å². The van der Waals surface area contributed by atoms with E-state index in [1.807, 2.05) is 55.7 Å². The van der Waals surface area contributed by atoms with Crippen LogP contribution in [0.5, 0.6) is 0 Å². The number of aliphatic hydroxyl groups excluding tert-OH is 1. The number of aliphatic carboxylic acids is 1. The summed E-state index contributed by atoms with van der Waals surface area (Å²) in [6, 6.07) is 11.2. The van der Waals surface area contributed by atoms with Gasteiger partial charge in [-0.2, -0.15) is 0 Å². The number of carboxylic acid groups (broad SMARTS) is 1. The molecule has 272 valence electrons. The number of rotatable bonds is 18. The maximum absolute atomic E-state index is 15.0. The molecule has 0 radical (unpaired) electrons. The second-order valence-electron chi connectivity index (χ2n) is 13.2. The van der Waals surface area contributed by atoms with Gasteiger partial charge in [0.1, 0.15) is 24.3 Å². The van der Waals surface area contributed by atoms with Crippen LogP contribution in [0, 0.1) is 17.0 Å². The second kappa shape index (κ2) is 18.7. The molecule has 3 rings (SSSR count). The fourth-order valence-electron chi connectivity index (χ4n) is 5.79. The smallest absolute Gasteiger partial charge is 0.326 e. The van der Waals surface area contributed by atoms with Crippen molar-refractivity contribution in [2.75, 3.05) is 25.0 Å². The van der Waals surface area contributed by atoms with Crippen LogP contribution in [0.25, 0.3) is 11.1 Å². The zero-order valence-corrected chi connectivity index (χ0v) is 30.1. The van der Waals surface area contributed by atoms with E-state index in [0.717, 1.165) is 23.8 Å². The van der Waals surface area contributed by atoms with Crippen molar-refractivity contribution in [2.24, 2.45) is 11.1 Å². The highest BCUT2D eigenvalue weighted by Crippen LogP contribution is 2.41. The summed E-state index contributed by atoms with van der Waals surface area (Å²) in [5, 5.41) is 25.0. The summed E-state index contributed by atoms with van der Waals surface area (Å²) in [4.78, 5) is 51.1. The van der Waals surface area contributed by atoms with Crippen molar-refractivity contribution in [3.05, 3.63) is 83.7 Å². The molecule has 0 saturated heterocycles. The maximum Gasteiger partial charge on any atom is 0.326 e. The molecule has 6 N–H and O–H groups in total. The van der Waals surface area contributed by atoms with E-state index in [1.165, 1.54) is 4.90 Å². The van der Waals surface area contributed by atoms with E-state index in [2.05, 4.69) is 26.6 Å². The summed E-state index contributed by atoms with van der Waals surface area (Å²) in [5.41, 5.74) is 7.48. The quantitative estimate of drug-likeness (QED) is 0.0949. The molecule has 0 saturated carbocycles. The first kappa shape index (κ1) is 40.3. The summed E-state index contributed by atoms with van der Waals surface area (Å²) in [6.45, 7) is 5.47. The molecule has 0 aliphatic rings. The summed E-state index contributed by atoms with van der Waals surface area (Å²) < 4.78 is 31.1. The minimum absolute atomic E-state index is 0.0427. The standard InChI is InChI=1S/C36H46BrF2N5O6/c1-36(2,3)33(30-17-24(26-18-25(38)12-13-27(26)39)21-43(30)20-23-9-5-4-6-10-23)44(32(47)22-45)16-14-28(40)34(48)42-29(35(49)50)11-7-8-15-41-31(46)19-37/h4-6,9-10,12-13,17-18,21,28-29,33,45H,7-8,11,14-16,19-20,22,40H2,1-3H3,(H,41,46)(H,42,48)(H,49,50). The molecule has 3 aromatic rings. The number of carboxylic acids is 1. The van der Waals surface area contributed by atoms with Gasteiger partial charge in [0.05, 0.1) is 17.4 Å². The van der Waals surface area contributed by atoms with E-state index in [-0.39, 0.29) is 36.2 Å². The zero-order valence-electron chi connectivity index (χ0n) is 28.5. The highest BCUT2D eigenvalue weighted by atomic mass is 79.9. The number of amides is 3. The molecule has 50 heavy (non-hydrogen) atoms. The number of nitrogens with zero attached hydrogens (tertiary/aromatic N) is 2. The highest BCUT2D eigenvalue weighted by Gasteiger charge is 2.37. The van der Waals surface area contributed by atoms with Crippen molar-refractivity contribution < 1.29 is 38.2 Å². The number of hydrogen-bond acceptors (Lipinski definition) is 6. The highest BCUT2D eigenvalue weighted by molar-refractivity contribution is 9.09. The third-order valence-electron chi connectivity index (χ3n) is 8.23. The largest absolute Gasteiger partial charge is 0.480 e. The van der Waals surface area contributed by atoms with Crippen LogP contribution in [0.15, 0.2) is 60.8 Å². The Morgan fingerprint density at radius 2 is 1.72 bits per heavy atom. The Bertz CT molecular complexity index is 1610. The van der Waals surface area contributed by atoms with Gasteiger partial charge in [0.25, 0.3) is 0 Å². The first-order chi connectivity index (χ1) is 23.7. The van der Waals surface area contributed by atoms with Crippen LogP contribution in [0.3, 0.4) is 0 Å². The molecule has 2 aromatic carbocycles. The molecule has 11 nitrogen and oxygen atoms in total. The molecule has 0 aliphatic heterocycles. The van der Waals surface area contributed by atoms with Gasteiger partial charge in [-0.05, 0) is 60.9 Å². The van der Waals surface area contributed by atoms with Gasteiger partial charge in [-0.1, -0.05) is 67.0 Å². The molecular weight excluding hydrogens is 716 g/mol. The topological polar surface area (TPSA) is 167 Å².